The summed E-state index contributed by atoms with van der Waals surface area (Å²) in [6.45, 7) is 6.91. The van der Waals surface area contributed by atoms with E-state index in [2.05, 4.69) is 4.99 Å². The topological polar surface area (TPSA) is 57.1 Å². The van der Waals surface area contributed by atoms with E-state index >= 15 is 0 Å². The lowest BCUT2D eigenvalue weighted by molar-refractivity contribution is -0.129. The predicted molar refractivity (Wildman–Crippen MR) is 101 cm³/mol. The fourth-order valence-corrected chi connectivity index (χ4v) is 2.55. The first-order chi connectivity index (χ1) is 12.6. The number of cyclic esters (lactones) is 1. The molecule has 0 amide bonds. The van der Waals surface area contributed by atoms with Gasteiger partial charge >= 0.3 is 5.97 Å². The number of ether oxygens (including phenoxy) is 3. The van der Waals surface area contributed by atoms with Gasteiger partial charge in [0, 0.05) is 17.2 Å². The summed E-state index contributed by atoms with van der Waals surface area (Å²) in [7, 11) is 0. The average Bonchev–Trinajstić information content (AvgIpc) is 2.99. The molecule has 0 fully saturated rings. The Morgan fingerprint density at radius 2 is 1.77 bits per heavy atom. The van der Waals surface area contributed by atoms with Crippen LogP contribution in [0.1, 0.15) is 30.5 Å². The maximum atomic E-state index is 12.2. The molecular formula is C21H21NO4. The van der Waals surface area contributed by atoms with E-state index in [1.807, 2.05) is 63.2 Å². The van der Waals surface area contributed by atoms with Crippen LogP contribution in [0.2, 0.25) is 0 Å². The van der Waals surface area contributed by atoms with Crippen molar-refractivity contribution in [2.24, 2.45) is 4.99 Å². The van der Waals surface area contributed by atoms with Gasteiger partial charge in [-0.25, -0.2) is 9.79 Å². The van der Waals surface area contributed by atoms with Crippen LogP contribution in [0.15, 0.2) is 53.2 Å². The number of carbonyl (C=O) groups excluding carboxylic acids is 1. The van der Waals surface area contributed by atoms with E-state index in [4.69, 9.17) is 14.2 Å². The van der Waals surface area contributed by atoms with E-state index < -0.39 is 5.97 Å². The molecule has 0 atom stereocenters. The first-order valence-electron chi connectivity index (χ1n) is 8.60. The second-order valence-corrected chi connectivity index (χ2v) is 5.77. The molecule has 1 aliphatic rings. The quantitative estimate of drug-likeness (QED) is 0.580. The van der Waals surface area contributed by atoms with Crippen LogP contribution in [0.5, 0.6) is 11.5 Å². The molecule has 3 rings (SSSR count). The van der Waals surface area contributed by atoms with Crippen LogP contribution in [0, 0.1) is 6.92 Å². The number of carbonyl (C=O) groups is 1. The number of hydrogen-bond donors (Lipinski definition) is 0. The Hall–Kier alpha value is -3.08. The summed E-state index contributed by atoms with van der Waals surface area (Å²) in [4.78, 5) is 16.5. The van der Waals surface area contributed by atoms with Gasteiger partial charge in [0.2, 0.25) is 5.90 Å². The maximum Gasteiger partial charge on any atom is 0.363 e. The first kappa shape index (κ1) is 17.7. The van der Waals surface area contributed by atoms with Crippen LogP contribution in [0.3, 0.4) is 0 Å². The number of rotatable bonds is 6. The van der Waals surface area contributed by atoms with Crippen LogP contribution in [0.4, 0.5) is 0 Å². The van der Waals surface area contributed by atoms with Crippen molar-refractivity contribution in [3.05, 3.63) is 64.9 Å². The summed E-state index contributed by atoms with van der Waals surface area (Å²) < 4.78 is 16.5. The van der Waals surface area contributed by atoms with Crippen LogP contribution < -0.4 is 9.47 Å². The van der Waals surface area contributed by atoms with Crippen LogP contribution in [-0.4, -0.2) is 25.1 Å². The van der Waals surface area contributed by atoms with Gasteiger partial charge in [-0.3, -0.25) is 0 Å². The second-order valence-electron chi connectivity index (χ2n) is 5.77. The van der Waals surface area contributed by atoms with Crippen molar-refractivity contribution in [3.8, 4) is 11.5 Å². The summed E-state index contributed by atoms with van der Waals surface area (Å²) in [6, 6.07) is 13.2. The van der Waals surface area contributed by atoms with E-state index in [-0.39, 0.29) is 5.70 Å². The molecule has 0 aliphatic carbocycles. The summed E-state index contributed by atoms with van der Waals surface area (Å²) in [5.41, 5.74) is 2.89. The molecule has 0 radical (unpaired) electrons. The summed E-state index contributed by atoms with van der Waals surface area (Å²) in [5.74, 6) is 1.19. The number of aryl methyl sites for hydroxylation is 1. The molecule has 2 aromatic rings. The Kier molecular flexibility index (Phi) is 5.37. The number of benzene rings is 2. The number of esters is 1. The molecule has 134 valence electrons. The van der Waals surface area contributed by atoms with Crippen molar-refractivity contribution in [2.75, 3.05) is 13.2 Å². The van der Waals surface area contributed by atoms with Crippen molar-refractivity contribution in [1.29, 1.82) is 0 Å². The van der Waals surface area contributed by atoms with Crippen LogP contribution >= 0.6 is 0 Å². The van der Waals surface area contributed by atoms with Gasteiger partial charge in [-0.2, -0.15) is 0 Å². The number of hydrogen-bond acceptors (Lipinski definition) is 5. The zero-order valence-electron chi connectivity index (χ0n) is 15.1. The summed E-state index contributed by atoms with van der Waals surface area (Å²) >= 11 is 0. The SMILES string of the molecule is CCOc1ccc(C=C2N=C(c3ccc(C)cc3)OC2=O)c(OCC)c1. The van der Waals surface area contributed by atoms with Gasteiger partial charge in [0.15, 0.2) is 5.70 Å². The van der Waals surface area contributed by atoms with Crippen molar-refractivity contribution in [1.82, 2.24) is 0 Å². The normalized spacial score (nSPS) is 15.0. The molecular weight excluding hydrogens is 330 g/mol. The van der Waals surface area contributed by atoms with Crippen LogP contribution in [0.25, 0.3) is 6.08 Å². The number of aliphatic imine (C=N–C) groups is 1. The third-order valence-corrected chi connectivity index (χ3v) is 3.81. The zero-order valence-corrected chi connectivity index (χ0v) is 15.1. The molecule has 1 heterocycles. The van der Waals surface area contributed by atoms with E-state index in [1.54, 1.807) is 6.08 Å². The lowest BCUT2D eigenvalue weighted by Crippen LogP contribution is -2.05. The van der Waals surface area contributed by atoms with Gasteiger partial charge < -0.3 is 14.2 Å². The molecule has 1 aliphatic heterocycles. The largest absolute Gasteiger partial charge is 0.494 e. The zero-order chi connectivity index (χ0) is 18.5. The minimum Gasteiger partial charge on any atom is -0.494 e. The maximum absolute atomic E-state index is 12.2. The van der Waals surface area contributed by atoms with Crippen molar-refractivity contribution >= 4 is 17.9 Å². The smallest absolute Gasteiger partial charge is 0.363 e. The van der Waals surface area contributed by atoms with Crippen LogP contribution in [-0.2, 0) is 9.53 Å². The standard InChI is InChI=1S/C21H21NO4/c1-4-24-17-11-10-16(19(13-17)25-5-2)12-18-21(23)26-20(22-18)15-8-6-14(3)7-9-15/h6-13H,4-5H2,1-3H3. The summed E-state index contributed by atoms with van der Waals surface area (Å²) in [6.07, 6.45) is 1.67. The molecule has 0 spiro atoms. The highest BCUT2D eigenvalue weighted by atomic mass is 16.6. The fourth-order valence-electron chi connectivity index (χ4n) is 2.55. The van der Waals surface area contributed by atoms with Crippen molar-refractivity contribution < 1.29 is 19.0 Å². The first-order valence-corrected chi connectivity index (χ1v) is 8.60. The Labute approximate surface area is 152 Å². The second kappa shape index (κ2) is 7.87. The lowest BCUT2D eigenvalue weighted by Gasteiger charge is -2.10. The molecule has 0 saturated heterocycles. The van der Waals surface area contributed by atoms with Gasteiger partial charge in [-0.15, -0.1) is 0 Å². The minimum atomic E-state index is -0.475. The number of nitrogens with zero attached hydrogens (tertiary/aromatic N) is 1. The van der Waals surface area contributed by atoms with E-state index in [1.165, 1.54) is 0 Å². The van der Waals surface area contributed by atoms with Crippen molar-refractivity contribution in [3.63, 3.8) is 0 Å². The third-order valence-electron chi connectivity index (χ3n) is 3.81. The fraction of sp³-hybridized carbons (Fsp3) is 0.238. The Morgan fingerprint density at radius 1 is 1.04 bits per heavy atom. The molecule has 5 heteroatoms. The van der Waals surface area contributed by atoms with E-state index in [0.29, 0.717) is 24.9 Å². The average molecular weight is 351 g/mol. The van der Waals surface area contributed by atoms with E-state index in [0.717, 1.165) is 22.4 Å². The molecule has 2 aromatic carbocycles. The Balaban J connectivity index is 1.93. The Bertz CT molecular complexity index is 866. The Morgan fingerprint density at radius 3 is 2.46 bits per heavy atom. The van der Waals surface area contributed by atoms with Crippen molar-refractivity contribution in [2.45, 2.75) is 20.8 Å². The highest BCUT2D eigenvalue weighted by molar-refractivity contribution is 6.12. The predicted octanol–water partition coefficient (Wildman–Crippen LogP) is 4.14. The van der Waals surface area contributed by atoms with E-state index in [9.17, 15) is 4.79 Å². The monoisotopic (exact) mass is 351 g/mol. The highest BCUT2D eigenvalue weighted by Crippen LogP contribution is 2.29. The molecule has 26 heavy (non-hydrogen) atoms. The molecule has 0 N–H and O–H groups in total. The minimum absolute atomic E-state index is 0.241. The molecule has 0 aromatic heterocycles. The van der Waals surface area contributed by atoms with Gasteiger partial charge in [0.25, 0.3) is 0 Å². The molecule has 0 bridgehead atoms. The highest BCUT2D eigenvalue weighted by Gasteiger charge is 2.24. The summed E-state index contributed by atoms with van der Waals surface area (Å²) in [5, 5.41) is 0. The lowest BCUT2D eigenvalue weighted by atomic mass is 10.1. The van der Waals surface area contributed by atoms with Gasteiger partial charge in [0.05, 0.1) is 13.2 Å². The molecule has 5 nitrogen and oxygen atoms in total. The molecule has 0 unspecified atom stereocenters. The third kappa shape index (κ3) is 3.94. The van der Waals surface area contributed by atoms with Gasteiger partial charge in [-0.1, -0.05) is 17.7 Å². The molecule has 0 saturated carbocycles. The van der Waals surface area contributed by atoms with Gasteiger partial charge in [-0.05, 0) is 51.1 Å². The van der Waals surface area contributed by atoms with Gasteiger partial charge in [0.1, 0.15) is 11.5 Å².